The van der Waals surface area contributed by atoms with Gasteiger partial charge in [0.25, 0.3) is 0 Å². The molecular formula is C16H24BrN. The molecule has 1 saturated carbocycles. The molecule has 0 radical (unpaired) electrons. The predicted octanol–water partition coefficient (Wildman–Crippen LogP) is 5.31. The van der Waals surface area contributed by atoms with E-state index in [1.54, 1.807) is 0 Å². The van der Waals surface area contributed by atoms with Crippen molar-refractivity contribution in [3.8, 4) is 0 Å². The average molecular weight is 310 g/mol. The standard InChI is InChI=1S/C16H24BrN/c1-13(15-8-10-18-11-9-15)16(17)12-14-6-4-2-3-5-7-14/h8-11,13-14,16H,2-7,12H2,1H3. The Bertz CT molecular complexity index is 330. The fourth-order valence-electron chi connectivity index (χ4n) is 3.00. The van der Waals surface area contributed by atoms with Crippen molar-refractivity contribution in [2.24, 2.45) is 5.92 Å². The lowest BCUT2D eigenvalue weighted by atomic mass is 9.88. The molecule has 1 fully saturated rings. The van der Waals surface area contributed by atoms with Crippen LogP contribution in [0.1, 0.15) is 63.4 Å². The van der Waals surface area contributed by atoms with Gasteiger partial charge < -0.3 is 0 Å². The molecule has 0 amide bonds. The number of alkyl halides is 1. The van der Waals surface area contributed by atoms with Crippen LogP contribution in [0.15, 0.2) is 24.5 Å². The van der Waals surface area contributed by atoms with E-state index in [1.807, 2.05) is 12.4 Å². The first-order valence-corrected chi connectivity index (χ1v) is 8.23. The quantitative estimate of drug-likeness (QED) is 0.542. The summed E-state index contributed by atoms with van der Waals surface area (Å²) in [4.78, 5) is 4.70. The summed E-state index contributed by atoms with van der Waals surface area (Å²) in [6, 6.07) is 4.29. The van der Waals surface area contributed by atoms with E-state index in [4.69, 9.17) is 0 Å². The molecule has 1 nitrogen and oxygen atoms in total. The van der Waals surface area contributed by atoms with Gasteiger partial charge in [0, 0.05) is 17.2 Å². The van der Waals surface area contributed by atoms with Crippen LogP contribution < -0.4 is 0 Å². The molecule has 0 N–H and O–H groups in total. The molecule has 0 aromatic carbocycles. The van der Waals surface area contributed by atoms with Crippen molar-refractivity contribution >= 4 is 15.9 Å². The number of aromatic nitrogens is 1. The van der Waals surface area contributed by atoms with Crippen LogP contribution in [0, 0.1) is 5.92 Å². The topological polar surface area (TPSA) is 12.9 Å². The van der Waals surface area contributed by atoms with E-state index in [9.17, 15) is 0 Å². The number of halogens is 1. The zero-order chi connectivity index (χ0) is 12.8. The van der Waals surface area contributed by atoms with E-state index in [-0.39, 0.29) is 0 Å². The first-order valence-electron chi connectivity index (χ1n) is 7.31. The summed E-state index contributed by atoms with van der Waals surface area (Å²) in [5, 5.41) is 0. The van der Waals surface area contributed by atoms with Crippen molar-refractivity contribution in [2.75, 3.05) is 0 Å². The smallest absolute Gasteiger partial charge is 0.0270 e. The predicted molar refractivity (Wildman–Crippen MR) is 81.2 cm³/mol. The fourth-order valence-corrected chi connectivity index (χ4v) is 3.83. The Hall–Kier alpha value is -0.370. The SMILES string of the molecule is CC(c1ccncc1)C(Br)CC1CCCCCC1. The van der Waals surface area contributed by atoms with Gasteiger partial charge in [0.05, 0.1) is 0 Å². The van der Waals surface area contributed by atoms with Crippen LogP contribution in [0.4, 0.5) is 0 Å². The van der Waals surface area contributed by atoms with Crippen molar-refractivity contribution in [3.05, 3.63) is 30.1 Å². The maximum atomic E-state index is 4.10. The number of hydrogen-bond donors (Lipinski definition) is 0. The second-order valence-corrected chi connectivity index (χ2v) is 6.85. The zero-order valence-corrected chi connectivity index (χ0v) is 12.9. The van der Waals surface area contributed by atoms with Gasteiger partial charge in [-0.2, -0.15) is 0 Å². The molecule has 1 aromatic rings. The molecule has 0 spiro atoms. The minimum Gasteiger partial charge on any atom is -0.265 e. The van der Waals surface area contributed by atoms with Crippen LogP contribution in [0.25, 0.3) is 0 Å². The van der Waals surface area contributed by atoms with Crippen molar-refractivity contribution in [3.63, 3.8) is 0 Å². The van der Waals surface area contributed by atoms with Crippen LogP contribution in [0.5, 0.6) is 0 Å². The maximum absolute atomic E-state index is 4.10. The van der Waals surface area contributed by atoms with E-state index in [2.05, 4.69) is 40.0 Å². The largest absolute Gasteiger partial charge is 0.265 e. The van der Waals surface area contributed by atoms with Gasteiger partial charge >= 0.3 is 0 Å². The molecule has 2 rings (SSSR count). The number of rotatable bonds is 4. The van der Waals surface area contributed by atoms with Gasteiger partial charge in [-0.25, -0.2) is 0 Å². The van der Waals surface area contributed by atoms with E-state index in [0.29, 0.717) is 10.7 Å². The summed E-state index contributed by atoms with van der Waals surface area (Å²) >= 11 is 3.92. The molecule has 2 heteroatoms. The highest BCUT2D eigenvalue weighted by molar-refractivity contribution is 9.09. The molecule has 18 heavy (non-hydrogen) atoms. The van der Waals surface area contributed by atoms with E-state index >= 15 is 0 Å². The van der Waals surface area contributed by atoms with Crippen LogP contribution in [0.2, 0.25) is 0 Å². The van der Waals surface area contributed by atoms with Gasteiger partial charge in [0.15, 0.2) is 0 Å². The first kappa shape index (κ1) is 14.0. The molecule has 2 atom stereocenters. The Morgan fingerprint density at radius 3 is 2.39 bits per heavy atom. The first-order chi connectivity index (χ1) is 8.77. The minimum absolute atomic E-state index is 0.580. The van der Waals surface area contributed by atoms with Gasteiger partial charge in [-0.05, 0) is 36.0 Å². The summed E-state index contributed by atoms with van der Waals surface area (Å²) in [6.07, 6.45) is 13.8. The fraction of sp³-hybridized carbons (Fsp3) is 0.688. The second kappa shape index (κ2) is 7.28. The monoisotopic (exact) mass is 309 g/mol. The highest BCUT2D eigenvalue weighted by Gasteiger charge is 2.21. The number of nitrogens with zero attached hydrogens (tertiary/aromatic N) is 1. The van der Waals surface area contributed by atoms with Gasteiger partial charge in [0.1, 0.15) is 0 Å². The Morgan fingerprint density at radius 1 is 1.17 bits per heavy atom. The molecule has 0 bridgehead atoms. The van der Waals surface area contributed by atoms with Crippen molar-refractivity contribution < 1.29 is 0 Å². The van der Waals surface area contributed by atoms with Gasteiger partial charge in [-0.1, -0.05) is 61.4 Å². The molecule has 0 saturated heterocycles. The third-order valence-corrected chi connectivity index (χ3v) is 5.47. The lowest BCUT2D eigenvalue weighted by molar-refractivity contribution is 0.411. The number of pyridine rings is 1. The Labute approximate surface area is 120 Å². The highest BCUT2D eigenvalue weighted by Crippen LogP contribution is 2.34. The van der Waals surface area contributed by atoms with Gasteiger partial charge in [-0.3, -0.25) is 4.98 Å². The van der Waals surface area contributed by atoms with E-state index in [1.165, 1.54) is 50.5 Å². The van der Waals surface area contributed by atoms with Crippen molar-refractivity contribution in [2.45, 2.75) is 62.6 Å². The third kappa shape index (κ3) is 4.08. The Balaban J connectivity index is 1.88. The van der Waals surface area contributed by atoms with Crippen LogP contribution in [-0.2, 0) is 0 Å². The van der Waals surface area contributed by atoms with Crippen LogP contribution >= 0.6 is 15.9 Å². The molecule has 0 aliphatic heterocycles. The lowest BCUT2D eigenvalue weighted by Crippen LogP contribution is -2.14. The summed E-state index contributed by atoms with van der Waals surface area (Å²) in [5.41, 5.74) is 1.40. The molecule has 1 heterocycles. The molecule has 2 unspecified atom stereocenters. The van der Waals surface area contributed by atoms with Crippen LogP contribution in [-0.4, -0.2) is 9.81 Å². The Kier molecular flexibility index (Phi) is 5.68. The molecule has 100 valence electrons. The maximum Gasteiger partial charge on any atom is 0.0270 e. The van der Waals surface area contributed by atoms with Crippen molar-refractivity contribution in [1.82, 2.24) is 4.98 Å². The van der Waals surface area contributed by atoms with E-state index in [0.717, 1.165) is 5.92 Å². The molecule has 1 aromatic heterocycles. The third-order valence-electron chi connectivity index (χ3n) is 4.31. The second-order valence-electron chi connectivity index (χ2n) is 5.68. The summed E-state index contributed by atoms with van der Waals surface area (Å²) < 4.78 is 0. The van der Waals surface area contributed by atoms with Gasteiger partial charge in [-0.15, -0.1) is 0 Å². The minimum atomic E-state index is 0.580. The summed E-state index contributed by atoms with van der Waals surface area (Å²) in [7, 11) is 0. The van der Waals surface area contributed by atoms with Crippen molar-refractivity contribution in [1.29, 1.82) is 0 Å². The van der Waals surface area contributed by atoms with Gasteiger partial charge in [0.2, 0.25) is 0 Å². The zero-order valence-electron chi connectivity index (χ0n) is 11.3. The summed E-state index contributed by atoms with van der Waals surface area (Å²) in [5.74, 6) is 1.51. The molecular weight excluding hydrogens is 286 g/mol. The highest BCUT2D eigenvalue weighted by atomic mass is 79.9. The summed E-state index contributed by atoms with van der Waals surface area (Å²) in [6.45, 7) is 2.32. The molecule has 1 aliphatic carbocycles. The Morgan fingerprint density at radius 2 is 1.78 bits per heavy atom. The molecule has 1 aliphatic rings. The normalized spacial score (nSPS) is 21.2. The van der Waals surface area contributed by atoms with E-state index < -0.39 is 0 Å². The number of hydrogen-bond acceptors (Lipinski definition) is 1. The lowest BCUT2D eigenvalue weighted by Gasteiger charge is -2.23. The van der Waals surface area contributed by atoms with Crippen LogP contribution in [0.3, 0.4) is 0 Å². The average Bonchev–Trinajstić information content (AvgIpc) is 2.67.